The molecule has 2 aromatic rings. The van der Waals surface area contributed by atoms with Gasteiger partial charge in [0.1, 0.15) is 0 Å². The summed E-state index contributed by atoms with van der Waals surface area (Å²) < 4.78 is 77.1. The highest BCUT2D eigenvalue weighted by Crippen LogP contribution is 2.48. The third kappa shape index (κ3) is 4.88. The Bertz CT molecular complexity index is 2030. The average Bonchev–Trinajstić information content (AvgIpc) is 2.83. The summed E-state index contributed by atoms with van der Waals surface area (Å²) >= 11 is 0. The zero-order chi connectivity index (χ0) is 30.2. The highest BCUT2D eigenvalue weighted by Gasteiger charge is 2.36. The Morgan fingerprint density at radius 1 is 1.00 bits per heavy atom. The standard InChI is InChI=1S/C28H28N2O9S2/c1-13(2)14-5-6-16(18(11-14)27(31)32)21-17-7-8-20(29)25(40(33,34)35)23(17)39-24-19(21)12-15-9-10-28(3,4)30-22(15)26(24)41(36,37)38/h5-8,11-13,29-30H,9-10H2,1-4H3,(H,31,32)(H,33,34,35)(H,36,37,38). The van der Waals surface area contributed by atoms with E-state index in [0.29, 0.717) is 18.4 Å². The van der Waals surface area contributed by atoms with Crippen LogP contribution < -0.4 is 10.7 Å². The molecule has 5 N–H and O–H groups in total. The third-order valence-electron chi connectivity index (χ3n) is 7.38. The number of fused-ring (bicyclic) bond motifs is 3. The Hall–Kier alpha value is -3.78. The van der Waals surface area contributed by atoms with Gasteiger partial charge in [-0.3, -0.25) is 14.5 Å². The van der Waals surface area contributed by atoms with Crippen molar-refractivity contribution in [2.45, 2.75) is 61.8 Å². The molecule has 0 saturated carbocycles. The monoisotopic (exact) mass is 600 g/mol. The summed E-state index contributed by atoms with van der Waals surface area (Å²) in [5.41, 5.74) is 0.376. The average molecular weight is 601 g/mol. The van der Waals surface area contributed by atoms with Crippen molar-refractivity contribution in [2.75, 3.05) is 5.32 Å². The number of carboxylic acid groups (broad SMARTS) is 1. The number of benzene rings is 3. The van der Waals surface area contributed by atoms with Crippen molar-refractivity contribution < 1.29 is 40.3 Å². The molecule has 0 atom stereocenters. The first kappa shape index (κ1) is 28.7. The molecule has 3 aliphatic rings. The van der Waals surface area contributed by atoms with E-state index in [0.717, 1.165) is 11.6 Å². The molecule has 13 heteroatoms. The first-order valence-electron chi connectivity index (χ1n) is 12.7. The van der Waals surface area contributed by atoms with Crippen molar-refractivity contribution in [1.29, 1.82) is 5.41 Å². The molecule has 1 aliphatic carbocycles. The Morgan fingerprint density at radius 3 is 2.22 bits per heavy atom. The lowest BCUT2D eigenvalue weighted by Gasteiger charge is -2.35. The molecule has 0 unspecified atom stereocenters. The fraction of sp³-hybridized carbons (Fsp3) is 0.286. The van der Waals surface area contributed by atoms with Crippen molar-refractivity contribution in [1.82, 2.24) is 0 Å². The molecule has 0 spiro atoms. The molecule has 0 fully saturated rings. The van der Waals surface area contributed by atoms with Gasteiger partial charge in [0.2, 0.25) is 0 Å². The molecule has 0 amide bonds. The van der Waals surface area contributed by atoms with E-state index in [1.54, 1.807) is 18.2 Å². The number of rotatable bonds is 5. The maximum Gasteiger partial charge on any atom is 0.336 e. The van der Waals surface area contributed by atoms with Gasteiger partial charge in [-0.25, -0.2) is 4.79 Å². The van der Waals surface area contributed by atoms with Crippen molar-refractivity contribution in [3.05, 3.63) is 58.4 Å². The number of carboxylic acids is 1. The molecule has 0 radical (unpaired) electrons. The van der Waals surface area contributed by atoms with E-state index in [2.05, 4.69) is 5.32 Å². The first-order chi connectivity index (χ1) is 18.9. The van der Waals surface area contributed by atoms with Gasteiger partial charge in [-0.2, -0.15) is 16.8 Å². The van der Waals surface area contributed by atoms with Crippen LogP contribution in [0.25, 0.3) is 33.4 Å². The van der Waals surface area contributed by atoms with E-state index in [1.165, 1.54) is 12.1 Å². The van der Waals surface area contributed by atoms with Gasteiger partial charge in [-0.15, -0.1) is 0 Å². The quantitative estimate of drug-likeness (QED) is 0.151. The maximum atomic E-state index is 12.9. The first-order valence-corrected chi connectivity index (χ1v) is 15.5. The molecule has 11 nitrogen and oxygen atoms in total. The SMILES string of the molecule is CC(C)c1ccc(-c2c3ccc(=N)c(S(=O)(=O)O)c-3oc3c(S(=O)(=O)O)c4c(cc23)CCC(C)(C)N4)c(C(=O)O)c1. The van der Waals surface area contributed by atoms with Crippen LogP contribution in [-0.4, -0.2) is 42.6 Å². The second-order valence-electron chi connectivity index (χ2n) is 11.1. The van der Waals surface area contributed by atoms with Gasteiger partial charge in [0.15, 0.2) is 21.1 Å². The van der Waals surface area contributed by atoms with Crippen LogP contribution in [0.1, 0.15) is 61.5 Å². The number of anilines is 1. The summed E-state index contributed by atoms with van der Waals surface area (Å²) in [7, 11) is -10.1. The number of aromatic carboxylic acids is 1. The molecule has 2 heterocycles. The second kappa shape index (κ2) is 9.38. The predicted octanol–water partition coefficient (Wildman–Crippen LogP) is 5.14. The van der Waals surface area contributed by atoms with Crippen LogP contribution in [0.2, 0.25) is 0 Å². The number of hydrogen-bond donors (Lipinski definition) is 5. The molecule has 41 heavy (non-hydrogen) atoms. The van der Waals surface area contributed by atoms with E-state index in [4.69, 9.17) is 9.83 Å². The molecule has 5 rings (SSSR count). The van der Waals surface area contributed by atoms with E-state index in [-0.39, 0.29) is 39.2 Å². The highest BCUT2D eigenvalue weighted by molar-refractivity contribution is 7.86. The Kier molecular flexibility index (Phi) is 6.57. The summed E-state index contributed by atoms with van der Waals surface area (Å²) in [5.74, 6) is -1.87. The third-order valence-corrected chi connectivity index (χ3v) is 9.21. The summed E-state index contributed by atoms with van der Waals surface area (Å²) in [5, 5.41) is 21.0. The minimum Gasteiger partial charge on any atom is -0.478 e. The minimum atomic E-state index is -5.08. The van der Waals surface area contributed by atoms with Crippen LogP contribution in [0.5, 0.6) is 0 Å². The zero-order valence-corrected chi connectivity index (χ0v) is 24.2. The predicted molar refractivity (Wildman–Crippen MR) is 151 cm³/mol. The molecule has 0 saturated heterocycles. The van der Waals surface area contributed by atoms with Crippen molar-refractivity contribution in [3.63, 3.8) is 0 Å². The van der Waals surface area contributed by atoms with Gasteiger partial charge in [-0.05, 0) is 73.6 Å². The largest absolute Gasteiger partial charge is 0.478 e. The van der Waals surface area contributed by atoms with Crippen LogP contribution in [0.3, 0.4) is 0 Å². The van der Waals surface area contributed by atoms with Gasteiger partial charge in [0.25, 0.3) is 20.2 Å². The topological polar surface area (TPSA) is 195 Å². The van der Waals surface area contributed by atoms with Gasteiger partial charge < -0.3 is 14.8 Å². The summed E-state index contributed by atoms with van der Waals surface area (Å²) in [4.78, 5) is 10.9. The highest BCUT2D eigenvalue weighted by atomic mass is 32.2. The normalized spacial score (nSPS) is 15.2. The fourth-order valence-corrected chi connectivity index (χ4v) is 6.94. The Balaban J connectivity index is 2.10. The van der Waals surface area contributed by atoms with Crippen LogP contribution >= 0.6 is 0 Å². The summed E-state index contributed by atoms with van der Waals surface area (Å²) in [6, 6.07) is 8.83. The van der Waals surface area contributed by atoms with Gasteiger partial charge in [0.05, 0.1) is 16.6 Å². The zero-order valence-electron chi connectivity index (χ0n) is 22.6. The lowest BCUT2D eigenvalue weighted by molar-refractivity contribution is 0.0697. The van der Waals surface area contributed by atoms with Crippen molar-refractivity contribution >= 4 is 42.9 Å². The number of aryl methyl sites for hydroxylation is 1. The van der Waals surface area contributed by atoms with Crippen LogP contribution in [-0.2, 0) is 26.7 Å². The van der Waals surface area contributed by atoms with E-state index >= 15 is 0 Å². The molecule has 2 aromatic carbocycles. The summed E-state index contributed by atoms with van der Waals surface area (Å²) in [6.07, 6.45) is 1.01. The number of nitrogens with one attached hydrogen (secondary N) is 2. The lowest BCUT2D eigenvalue weighted by atomic mass is 9.85. The van der Waals surface area contributed by atoms with Gasteiger partial charge >= 0.3 is 5.97 Å². The van der Waals surface area contributed by atoms with E-state index in [9.17, 15) is 35.8 Å². The fourth-order valence-electron chi connectivity index (χ4n) is 5.38. The number of carbonyl (C=O) groups is 1. The lowest BCUT2D eigenvalue weighted by Crippen LogP contribution is -2.36. The molecule has 216 valence electrons. The Labute approximate surface area is 236 Å². The number of hydrogen-bond acceptors (Lipinski definition) is 8. The van der Waals surface area contributed by atoms with Crippen LogP contribution in [0.4, 0.5) is 5.69 Å². The van der Waals surface area contributed by atoms with Crippen molar-refractivity contribution in [2.24, 2.45) is 0 Å². The maximum absolute atomic E-state index is 12.9. The van der Waals surface area contributed by atoms with Crippen molar-refractivity contribution in [3.8, 4) is 22.5 Å². The van der Waals surface area contributed by atoms with Gasteiger partial charge in [-0.1, -0.05) is 26.0 Å². The molecule has 2 aliphatic heterocycles. The molecular weight excluding hydrogens is 572 g/mol. The Morgan fingerprint density at radius 2 is 1.63 bits per heavy atom. The van der Waals surface area contributed by atoms with Crippen LogP contribution in [0, 0.1) is 5.41 Å². The smallest absolute Gasteiger partial charge is 0.336 e. The van der Waals surface area contributed by atoms with Gasteiger partial charge in [0, 0.05) is 22.1 Å². The molecular formula is C28H28N2O9S2. The van der Waals surface area contributed by atoms with E-state index < -0.39 is 58.2 Å². The van der Waals surface area contributed by atoms with E-state index in [1.807, 2.05) is 27.7 Å². The molecule has 0 aromatic heterocycles. The van der Waals surface area contributed by atoms with Crippen LogP contribution in [0.15, 0.2) is 50.6 Å². The molecule has 0 bridgehead atoms. The second-order valence-corrected chi connectivity index (χ2v) is 13.9. The minimum absolute atomic E-state index is 0.0197. The summed E-state index contributed by atoms with van der Waals surface area (Å²) in [6.45, 7) is 7.46.